The van der Waals surface area contributed by atoms with Gasteiger partial charge >= 0.3 is 5.97 Å². The highest BCUT2D eigenvalue weighted by Gasteiger charge is 2.27. The molecule has 166 valence electrons. The van der Waals surface area contributed by atoms with E-state index in [1.54, 1.807) is 0 Å². The first-order valence-corrected chi connectivity index (χ1v) is 11.1. The van der Waals surface area contributed by atoms with Crippen LogP contribution in [-0.4, -0.2) is 64.6 Å². The smallest absolute Gasteiger partial charge is 0.337 e. The number of morpholine rings is 1. The molecule has 1 saturated heterocycles. The second-order valence-electron chi connectivity index (χ2n) is 6.51. The number of benzene rings is 2. The Bertz CT molecular complexity index is 1050. The van der Waals surface area contributed by atoms with E-state index in [9.17, 15) is 18.0 Å². The van der Waals surface area contributed by atoms with Crippen LogP contribution in [0.4, 0.5) is 5.69 Å². The van der Waals surface area contributed by atoms with Crippen LogP contribution in [0.5, 0.6) is 5.75 Å². The molecular formula is C20H21ClN2O7S. The van der Waals surface area contributed by atoms with Gasteiger partial charge in [0.1, 0.15) is 5.75 Å². The molecule has 1 N–H and O–H groups in total. The summed E-state index contributed by atoms with van der Waals surface area (Å²) in [6.07, 6.45) is 0. The molecule has 3 rings (SSSR count). The van der Waals surface area contributed by atoms with E-state index in [-0.39, 0.29) is 35.3 Å². The van der Waals surface area contributed by atoms with E-state index in [1.807, 2.05) is 0 Å². The van der Waals surface area contributed by atoms with Crippen molar-refractivity contribution in [2.24, 2.45) is 0 Å². The molecule has 1 fully saturated rings. The van der Waals surface area contributed by atoms with Crippen molar-refractivity contribution in [2.45, 2.75) is 4.90 Å². The predicted octanol–water partition coefficient (Wildman–Crippen LogP) is 2.17. The Balaban J connectivity index is 1.64. The van der Waals surface area contributed by atoms with E-state index in [2.05, 4.69) is 10.1 Å². The molecule has 0 bridgehead atoms. The van der Waals surface area contributed by atoms with Crippen LogP contribution in [0.15, 0.2) is 47.4 Å². The van der Waals surface area contributed by atoms with Crippen LogP contribution in [-0.2, 0) is 24.3 Å². The minimum atomic E-state index is -3.73. The third kappa shape index (κ3) is 5.73. The minimum Gasteiger partial charge on any atom is -0.484 e. The predicted molar refractivity (Wildman–Crippen MR) is 113 cm³/mol. The Kier molecular flexibility index (Phi) is 7.50. The van der Waals surface area contributed by atoms with Crippen LogP contribution in [0.25, 0.3) is 0 Å². The van der Waals surface area contributed by atoms with Gasteiger partial charge < -0.3 is 19.5 Å². The molecule has 2 aromatic carbocycles. The van der Waals surface area contributed by atoms with Crippen molar-refractivity contribution in [3.63, 3.8) is 0 Å². The first-order valence-electron chi connectivity index (χ1n) is 9.30. The summed E-state index contributed by atoms with van der Waals surface area (Å²) < 4.78 is 42.1. The number of methoxy groups -OCH3 is 1. The lowest BCUT2D eigenvalue weighted by molar-refractivity contribution is -0.118. The third-order valence-corrected chi connectivity index (χ3v) is 6.69. The molecule has 0 saturated carbocycles. The maximum Gasteiger partial charge on any atom is 0.337 e. The zero-order valence-electron chi connectivity index (χ0n) is 16.7. The number of rotatable bonds is 7. The molecule has 31 heavy (non-hydrogen) atoms. The van der Waals surface area contributed by atoms with Crippen molar-refractivity contribution in [3.05, 3.63) is 53.1 Å². The van der Waals surface area contributed by atoms with Crippen molar-refractivity contribution < 1.29 is 32.2 Å². The highest BCUT2D eigenvalue weighted by molar-refractivity contribution is 7.89. The highest BCUT2D eigenvalue weighted by Crippen LogP contribution is 2.27. The number of anilines is 1. The van der Waals surface area contributed by atoms with Crippen molar-refractivity contribution in [1.29, 1.82) is 0 Å². The molecule has 1 aliphatic rings. The summed E-state index contributed by atoms with van der Waals surface area (Å²) >= 11 is 6.13. The molecule has 1 heterocycles. The Labute approximate surface area is 184 Å². The van der Waals surface area contributed by atoms with E-state index < -0.39 is 21.9 Å². The molecule has 1 aliphatic heterocycles. The van der Waals surface area contributed by atoms with Gasteiger partial charge in [0.05, 0.1) is 41.5 Å². The van der Waals surface area contributed by atoms with Crippen molar-refractivity contribution >= 4 is 39.2 Å². The van der Waals surface area contributed by atoms with Gasteiger partial charge in [-0.3, -0.25) is 4.79 Å². The van der Waals surface area contributed by atoms with E-state index in [4.69, 9.17) is 21.1 Å². The number of ether oxygens (including phenoxy) is 3. The Morgan fingerprint density at radius 3 is 2.45 bits per heavy atom. The van der Waals surface area contributed by atoms with E-state index in [0.29, 0.717) is 24.5 Å². The zero-order valence-corrected chi connectivity index (χ0v) is 18.2. The first kappa shape index (κ1) is 23.0. The summed E-state index contributed by atoms with van der Waals surface area (Å²) in [4.78, 5) is 23.7. The highest BCUT2D eigenvalue weighted by atomic mass is 35.5. The maximum absolute atomic E-state index is 12.8. The Morgan fingerprint density at radius 1 is 1.13 bits per heavy atom. The summed E-state index contributed by atoms with van der Waals surface area (Å²) in [5.41, 5.74) is 0.509. The van der Waals surface area contributed by atoms with Gasteiger partial charge in [0.25, 0.3) is 5.91 Å². The van der Waals surface area contributed by atoms with Gasteiger partial charge in [0.15, 0.2) is 6.61 Å². The number of carbonyl (C=O) groups excluding carboxylic acids is 2. The van der Waals surface area contributed by atoms with Crippen molar-refractivity contribution in [3.8, 4) is 5.75 Å². The molecule has 0 unspecified atom stereocenters. The van der Waals surface area contributed by atoms with E-state index in [1.165, 1.54) is 53.9 Å². The molecule has 0 atom stereocenters. The molecule has 11 heteroatoms. The van der Waals surface area contributed by atoms with Crippen LogP contribution < -0.4 is 10.1 Å². The van der Waals surface area contributed by atoms with Crippen LogP contribution in [0.2, 0.25) is 5.02 Å². The van der Waals surface area contributed by atoms with E-state index in [0.717, 1.165) is 0 Å². The lowest BCUT2D eigenvalue weighted by Crippen LogP contribution is -2.40. The molecule has 0 aliphatic carbocycles. The molecule has 2 aromatic rings. The lowest BCUT2D eigenvalue weighted by Gasteiger charge is -2.26. The van der Waals surface area contributed by atoms with Gasteiger partial charge in [-0.1, -0.05) is 11.6 Å². The van der Waals surface area contributed by atoms with Gasteiger partial charge in [-0.15, -0.1) is 0 Å². The summed E-state index contributed by atoms with van der Waals surface area (Å²) in [5, 5.41) is 2.75. The topological polar surface area (TPSA) is 111 Å². The largest absolute Gasteiger partial charge is 0.484 e. The summed E-state index contributed by atoms with van der Waals surface area (Å²) in [6.45, 7) is 0.835. The number of hydrogen-bond acceptors (Lipinski definition) is 7. The molecule has 0 aromatic heterocycles. The quantitative estimate of drug-likeness (QED) is 0.620. The van der Waals surface area contributed by atoms with Gasteiger partial charge in [-0.2, -0.15) is 4.31 Å². The summed E-state index contributed by atoms with van der Waals surface area (Å²) in [7, 11) is -2.45. The Hall–Kier alpha value is -2.66. The SMILES string of the molecule is COC(=O)c1ccc(OCC(=O)Nc2cc(S(=O)(=O)N3CCOCC3)ccc2Cl)cc1. The standard InChI is InChI=1S/C20H21ClN2O7S/c1-28-20(25)14-2-4-15(5-3-14)30-13-19(24)22-18-12-16(6-7-17(18)21)31(26,27)23-8-10-29-11-9-23/h2-7,12H,8-11,13H2,1H3,(H,22,24). The van der Waals surface area contributed by atoms with Gasteiger partial charge in [-0.05, 0) is 42.5 Å². The van der Waals surface area contributed by atoms with Crippen LogP contribution in [0.3, 0.4) is 0 Å². The van der Waals surface area contributed by atoms with Gasteiger partial charge in [0.2, 0.25) is 10.0 Å². The molecule has 0 radical (unpaired) electrons. The van der Waals surface area contributed by atoms with E-state index >= 15 is 0 Å². The lowest BCUT2D eigenvalue weighted by atomic mass is 10.2. The number of nitrogens with one attached hydrogen (secondary N) is 1. The average Bonchev–Trinajstić information content (AvgIpc) is 2.79. The zero-order chi connectivity index (χ0) is 22.4. The van der Waals surface area contributed by atoms with Crippen molar-refractivity contribution in [2.75, 3.05) is 45.3 Å². The minimum absolute atomic E-state index is 0.0217. The van der Waals surface area contributed by atoms with Crippen LogP contribution in [0, 0.1) is 0 Å². The summed E-state index contributed by atoms with van der Waals surface area (Å²) in [6, 6.07) is 10.2. The third-order valence-electron chi connectivity index (χ3n) is 4.47. The Morgan fingerprint density at radius 2 is 1.81 bits per heavy atom. The molecule has 9 nitrogen and oxygen atoms in total. The monoisotopic (exact) mass is 468 g/mol. The summed E-state index contributed by atoms with van der Waals surface area (Å²) in [5.74, 6) is -0.636. The normalized spacial score (nSPS) is 14.6. The number of carbonyl (C=O) groups is 2. The first-order chi connectivity index (χ1) is 14.8. The fourth-order valence-corrected chi connectivity index (χ4v) is 4.44. The second-order valence-corrected chi connectivity index (χ2v) is 8.86. The molecule has 0 spiro atoms. The number of halogens is 1. The number of amides is 1. The fourth-order valence-electron chi connectivity index (χ4n) is 2.84. The number of esters is 1. The second kappa shape index (κ2) is 10.1. The van der Waals surface area contributed by atoms with Gasteiger partial charge in [-0.25, -0.2) is 13.2 Å². The van der Waals surface area contributed by atoms with Crippen molar-refractivity contribution in [1.82, 2.24) is 4.31 Å². The average molecular weight is 469 g/mol. The van der Waals surface area contributed by atoms with Crippen LogP contribution in [0.1, 0.15) is 10.4 Å². The van der Waals surface area contributed by atoms with Crippen LogP contribution >= 0.6 is 11.6 Å². The number of sulfonamides is 1. The molecular weight excluding hydrogens is 448 g/mol. The number of nitrogens with zero attached hydrogens (tertiary/aromatic N) is 1. The number of hydrogen-bond donors (Lipinski definition) is 1. The molecule has 1 amide bonds. The fraction of sp³-hybridized carbons (Fsp3) is 0.300. The van der Waals surface area contributed by atoms with Gasteiger partial charge in [0, 0.05) is 13.1 Å². The maximum atomic E-state index is 12.8.